The molecule has 3 aliphatic heterocycles. The van der Waals surface area contributed by atoms with Gasteiger partial charge in [-0.25, -0.2) is 9.37 Å². The van der Waals surface area contributed by atoms with E-state index in [1.54, 1.807) is 9.42 Å². The molecule has 2 saturated heterocycles. The summed E-state index contributed by atoms with van der Waals surface area (Å²) in [7, 11) is 1.95. The summed E-state index contributed by atoms with van der Waals surface area (Å²) >= 11 is 0. The molecule has 12 heteroatoms. The highest BCUT2D eigenvalue weighted by molar-refractivity contribution is 5.97. The number of ether oxygens (including phenoxy) is 1. The third-order valence-corrected chi connectivity index (χ3v) is 7.78. The summed E-state index contributed by atoms with van der Waals surface area (Å²) in [4.78, 5) is 37.6. The van der Waals surface area contributed by atoms with Crippen molar-refractivity contribution in [2.24, 2.45) is 5.73 Å². The lowest BCUT2D eigenvalue weighted by molar-refractivity contribution is -0.124. The van der Waals surface area contributed by atoms with Crippen LogP contribution >= 0.6 is 0 Å². The number of amides is 2. The molecular formula is C28H35FN8O3. The van der Waals surface area contributed by atoms with E-state index >= 15 is 0 Å². The molecule has 2 fully saturated rings. The zero-order valence-electron chi connectivity index (χ0n) is 23.1. The molecule has 212 valence electrons. The van der Waals surface area contributed by atoms with Crippen molar-refractivity contribution in [3.05, 3.63) is 47.4 Å². The minimum absolute atomic E-state index is 0.0878. The van der Waals surface area contributed by atoms with E-state index in [-0.39, 0.29) is 41.8 Å². The Morgan fingerprint density at radius 3 is 2.73 bits per heavy atom. The monoisotopic (exact) mass is 550 g/mol. The molecule has 1 aromatic carbocycles. The first-order valence-corrected chi connectivity index (χ1v) is 13.7. The van der Waals surface area contributed by atoms with Gasteiger partial charge in [0.25, 0.3) is 11.8 Å². The van der Waals surface area contributed by atoms with Crippen LogP contribution in [0.1, 0.15) is 55.2 Å². The highest BCUT2D eigenvalue weighted by atomic mass is 19.1. The molecule has 40 heavy (non-hydrogen) atoms. The van der Waals surface area contributed by atoms with Crippen LogP contribution < -0.4 is 25.6 Å². The molecule has 0 aliphatic carbocycles. The van der Waals surface area contributed by atoms with Crippen molar-refractivity contribution in [2.75, 3.05) is 49.6 Å². The van der Waals surface area contributed by atoms with Crippen molar-refractivity contribution < 1.29 is 18.7 Å². The minimum Gasteiger partial charge on any atom is -0.483 e. The lowest BCUT2D eigenvalue weighted by Crippen LogP contribution is -2.56. The Morgan fingerprint density at radius 1 is 1.15 bits per heavy atom. The number of halogens is 1. The predicted octanol–water partition coefficient (Wildman–Crippen LogP) is 2.11. The highest BCUT2D eigenvalue weighted by Gasteiger charge is 2.34. The molecule has 2 aromatic heterocycles. The van der Waals surface area contributed by atoms with E-state index in [9.17, 15) is 14.0 Å². The molecular weight excluding hydrogens is 515 g/mol. The predicted molar refractivity (Wildman–Crippen MR) is 148 cm³/mol. The number of nitrogens with two attached hydrogens (primary N) is 1. The number of piperidine rings is 1. The topological polar surface area (TPSA) is 121 Å². The summed E-state index contributed by atoms with van der Waals surface area (Å²) in [6, 6.07) is 7.53. The molecule has 5 heterocycles. The van der Waals surface area contributed by atoms with E-state index < -0.39 is 11.4 Å². The van der Waals surface area contributed by atoms with Gasteiger partial charge in [0, 0.05) is 51.4 Å². The third-order valence-electron chi connectivity index (χ3n) is 7.78. The number of aromatic nitrogens is 3. The number of hydrogen-bond donors (Lipinski definition) is 2. The number of fused-ring (bicyclic) bond motifs is 4. The smallest absolute Gasteiger partial charge is 0.258 e. The van der Waals surface area contributed by atoms with Crippen LogP contribution in [-0.2, 0) is 4.79 Å². The Kier molecular flexibility index (Phi) is 6.52. The number of benzene rings is 1. The largest absolute Gasteiger partial charge is 0.483 e. The van der Waals surface area contributed by atoms with Gasteiger partial charge in [0.05, 0.1) is 22.8 Å². The van der Waals surface area contributed by atoms with Crippen molar-refractivity contribution in [3.63, 3.8) is 0 Å². The summed E-state index contributed by atoms with van der Waals surface area (Å²) in [5.41, 5.74) is 6.89. The van der Waals surface area contributed by atoms with Crippen molar-refractivity contribution in [1.82, 2.24) is 24.8 Å². The highest BCUT2D eigenvalue weighted by Crippen LogP contribution is 2.35. The lowest BCUT2D eigenvalue weighted by atomic mass is 9.98. The average molecular weight is 551 g/mol. The zero-order chi connectivity index (χ0) is 28.2. The van der Waals surface area contributed by atoms with Crippen molar-refractivity contribution >= 4 is 29.1 Å². The first kappa shape index (κ1) is 26.3. The zero-order valence-corrected chi connectivity index (χ0v) is 23.1. The first-order valence-electron chi connectivity index (χ1n) is 13.7. The quantitative estimate of drug-likeness (QED) is 0.473. The number of rotatable bonds is 1. The molecule has 3 aliphatic rings. The number of likely N-dealkylation sites (N-methyl/N-ethyl adjacent to an activating group) is 1. The van der Waals surface area contributed by atoms with Crippen LogP contribution in [0.25, 0.3) is 5.65 Å². The van der Waals surface area contributed by atoms with Gasteiger partial charge in [-0.3, -0.25) is 9.59 Å². The maximum absolute atomic E-state index is 14.4. The number of anilines is 2. The number of nitrogens with one attached hydrogen (secondary N) is 1. The van der Waals surface area contributed by atoms with E-state index in [0.29, 0.717) is 18.7 Å². The number of nitrogens with zero attached hydrogens (tertiary/aromatic N) is 6. The second-order valence-electron chi connectivity index (χ2n) is 11.7. The second-order valence-corrected chi connectivity index (χ2v) is 11.7. The fourth-order valence-electron chi connectivity index (χ4n) is 5.96. The van der Waals surface area contributed by atoms with E-state index in [4.69, 9.17) is 20.6 Å². The standard InChI is InChI=1S/C28H35FN8O3/c1-28(2)16-34(3)26-12-23(35-13-18(30)14-35)31-24-11-20(33-37(24)26)21-6-4-5-9-36(21)27(39)19-10-17(29)7-8-22(19)40-15-25(38)32-28/h7-8,10-12,18,21H,4-6,9,13-16,30H2,1-3H3,(H,32,38). The minimum atomic E-state index is -0.640. The van der Waals surface area contributed by atoms with Gasteiger partial charge in [-0.2, -0.15) is 9.61 Å². The molecule has 2 amide bonds. The molecule has 1 atom stereocenters. The number of carbonyl (C=O) groups excluding carboxylic acids is 2. The maximum atomic E-state index is 14.4. The van der Waals surface area contributed by atoms with Gasteiger partial charge in [-0.15, -0.1) is 0 Å². The number of hydrogen-bond acceptors (Lipinski definition) is 8. The van der Waals surface area contributed by atoms with Crippen LogP contribution in [0.3, 0.4) is 0 Å². The first-order chi connectivity index (χ1) is 19.1. The van der Waals surface area contributed by atoms with E-state index in [2.05, 4.69) is 10.2 Å². The van der Waals surface area contributed by atoms with Gasteiger partial charge in [0.2, 0.25) is 0 Å². The normalized spacial score (nSPS) is 22.0. The Morgan fingerprint density at radius 2 is 1.95 bits per heavy atom. The van der Waals surface area contributed by atoms with Gasteiger partial charge >= 0.3 is 0 Å². The van der Waals surface area contributed by atoms with Gasteiger partial charge in [-0.05, 0) is 51.3 Å². The average Bonchev–Trinajstić information content (AvgIpc) is 3.32. The Balaban J connectivity index is 1.49. The van der Waals surface area contributed by atoms with Gasteiger partial charge in [0.15, 0.2) is 12.3 Å². The third kappa shape index (κ3) is 4.91. The molecule has 6 rings (SSSR count). The second kappa shape index (κ2) is 9.92. The number of carbonyl (C=O) groups is 2. The summed E-state index contributed by atoms with van der Waals surface area (Å²) < 4.78 is 22.0. The SMILES string of the molecule is CN1CC(C)(C)NC(=O)COc2ccc(F)cc2C(=O)N2CCCCC2c2cc3nc(N4CC(N)C4)cc1n3n2. The van der Waals surface area contributed by atoms with Crippen LogP contribution in [0.5, 0.6) is 5.75 Å². The van der Waals surface area contributed by atoms with Crippen LogP contribution in [0.2, 0.25) is 0 Å². The van der Waals surface area contributed by atoms with Crippen LogP contribution in [0.4, 0.5) is 16.0 Å². The lowest BCUT2D eigenvalue weighted by Gasteiger charge is -2.38. The van der Waals surface area contributed by atoms with Crippen LogP contribution in [0, 0.1) is 5.82 Å². The maximum Gasteiger partial charge on any atom is 0.258 e. The van der Waals surface area contributed by atoms with Crippen molar-refractivity contribution in [1.29, 1.82) is 0 Å². The van der Waals surface area contributed by atoms with Crippen LogP contribution in [-0.4, -0.2) is 82.7 Å². The van der Waals surface area contributed by atoms with E-state index in [0.717, 1.165) is 49.7 Å². The van der Waals surface area contributed by atoms with Gasteiger partial charge in [-0.1, -0.05) is 0 Å². The van der Waals surface area contributed by atoms with Gasteiger partial charge in [0.1, 0.15) is 23.2 Å². The molecule has 3 N–H and O–H groups in total. The van der Waals surface area contributed by atoms with E-state index in [1.165, 1.54) is 18.2 Å². The molecule has 2 bridgehead atoms. The molecule has 1 unspecified atom stereocenters. The fraction of sp³-hybridized carbons (Fsp3) is 0.500. The Bertz CT molecular complexity index is 1470. The van der Waals surface area contributed by atoms with Crippen molar-refractivity contribution in [3.8, 4) is 5.75 Å². The molecule has 0 saturated carbocycles. The molecule has 0 spiro atoms. The summed E-state index contributed by atoms with van der Waals surface area (Å²) in [6.45, 7) is 5.97. The van der Waals surface area contributed by atoms with Crippen molar-refractivity contribution in [2.45, 2.75) is 50.7 Å². The fourth-order valence-corrected chi connectivity index (χ4v) is 5.96. The Labute approximate surface area is 232 Å². The molecule has 11 nitrogen and oxygen atoms in total. The van der Waals surface area contributed by atoms with Crippen LogP contribution in [0.15, 0.2) is 30.3 Å². The van der Waals surface area contributed by atoms with E-state index in [1.807, 2.05) is 37.9 Å². The molecule has 0 radical (unpaired) electrons. The molecule has 3 aromatic rings. The summed E-state index contributed by atoms with van der Waals surface area (Å²) in [6.07, 6.45) is 2.47. The Hall–Kier alpha value is -3.93. The van der Waals surface area contributed by atoms with Gasteiger partial charge < -0.3 is 30.5 Å². The summed E-state index contributed by atoms with van der Waals surface area (Å²) in [5.74, 6) is 0.525. The summed E-state index contributed by atoms with van der Waals surface area (Å²) in [5, 5.41) is 7.99.